The van der Waals surface area contributed by atoms with Gasteiger partial charge in [-0.3, -0.25) is 10.1 Å². The predicted octanol–water partition coefficient (Wildman–Crippen LogP) is 1.64. The van der Waals surface area contributed by atoms with Gasteiger partial charge in [0.2, 0.25) is 5.91 Å². The minimum atomic E-state index is -0.394. The van der Waals surface area contributed by atoms with Crippen LogP contribution in [0.5, 0.6) is 0 Å². The van der Waals surface area contributed by atoms with Crippen LogP contribution in [0, 0.1) is 17.2 Å². The van der Waals surface area contributed by atoms with E-state index in [0.717, 1.165) is 64.7 Å². The van der Waals surface area contributed by atoms with Crippen LogP contribution in [0.1, 0.15) is 52.4 Å². The van der Waals surface area contributed by atoms with E-state index in [1.54, 1.807) is 0 Å². The van der Waals surface area contributed by atoms with E-state index < -0.39 is 5.54 Å². The molecule has 0 saturated carbocycles. The van der Waals surface area contributed by atoms with E-state index in [1.165, 1.54) is 0 Å². The van der Waals surface area contributed by atoms with Crippen LogP contribution in [0.2, 0.25) is 0 Å². The number of primary amides is 1. The summed E-state index contributed by atoms with van der Waals surface area (Å²) in [6, 6.07) is 2.46. The first kappa shape index (κ1) is 17.9. The normalized spacial score (nSPS) is 22.4. The van der Waals surface area contributed by atoms with Crippen LogP contribution in [0.25, 0.3) is 0 Å². The maximum atomic E-state index is 11.3. The van der Waals surface area contributed by atoms with E-state index in [1.807, 2.05) is 0 Å². The highest BCUT2D eigenvalue weighted by atomic mass is 16.1. The van der Waals surface area contributed by atoms with Crippen LogP contribution in [0.15, 0.2) is 0 Å². The number of piperidine rings is 1. The molecule has 1 aliphatic rings. The lowest BCUT2D eigenvalue weighted by molar-refractivity contribution is -0.123. The number of hydrogen-bond acceptors (Lipinski definition) is 4. The molecular formula is C16H30N4O. The summed E-state index contributed by atoms with van der Waals surface area (Å²) in [5.74, 6) is -0.173. The Morgan fingerprint density at radius 3 is 2.86 bits per heavy atom. The lowest BCUT2D eigenvalue weighted by Crippen LogP contribution is -2.45. The van der Waals surface area contributed by atoms with E-state index in [2.05, 4.69) is 30.1 Å². The van der Waals surface area contributed by atoms with Gasteiger partial charge in [-0.1, -0.05) is 13.8 Å². The molecule has 0 aliphatic carbocycles. The van der Waals surface area contributed by atoms with Crippen LogP contribution in [-0.4, -0.2) is 42.5 Å². The van der Waals surface area contributed by atoms with Gasteiger partial charge in [0.25, 0.3) is 0 Å². The number of likely N-dealkylation sites (tertiary alicyclic amines) is 1. The zero-order valence-electron chi connectivity index (χ0n) is 13.5. The van der Waals surface area contributed by atoms with Gasteiger partial charge < -0.3 is 10.6 Å². The van der Waals surface area contributed by atoms with Gasteiger partial charge in [0.05, 0.1) is 12.0 Å². The lowest BCUT2D eigenvalue weighted by atomic mass is 9.91. The Morgan fingerprint density at radius 2 is 2.29 bits per heavy atom. The maximum absolute atomic E-state index is 11.3. The highest BCUT2D eigenvalue weighted by Gasteiger charge is 2.28. The molecule has 0 aromatic heterocycles. The van der Waals surface area contributed by atoms with Crippen molar-refractivity contribution in [1.82, 2.24) is 10.2 Å². The summed E-state index contributed by atoms with van der Waals surface area (Å²) in [5.41, 5.74) is 5.01. The molecule has 1 amide bonds. The fourth-order valence-corrected chi connectivity index (χ4v) is 3.02. The average Bonchev–Trinajstić information content (AvgIpc) is 2.51. The van der Waals surface area contributed by atoms with Crippen molar-refractivity contribution in [2.75, 3.05) is 26.2 Å². The number of carbonyl (C=O) groups excluding carboxylic acids is 1. The van der Waals surface area contributed by atoms with Crippen LogP contribution < -0.4 is 11.1 Å². The average molecular weight is 294 g/mol. The standard InChI is InChI=1S/C16H30N4O/c1-3-9-19-16(4-2,13-17)8-6-11-20-10-5-7-14(12-20)15(18)21/h14,19H,3-12H2,1-2H3,(H2,18,21). The largest absolute Gasteiger partial charge is 0.369 e. The van der Waals surface area contributed by atoms with Gasteiger partial charge in [0.1, 0.15) is 5.54 Å². The van der Waals surface area contributed by atoms with Crippen molar-refractivity contribution in [3.63, 3.8) is 0 Å². The third kappa shape index (κ3) is 5.64. The van der Waals surface area contributed by atoms with Crippen LogP contribution in [0.4, 0.5) is 0 Å². The Bertz CT molecular complexity index is 366. The number of carbonyl (C=O) groups is 1. The molecule has 21 heavy (non-hydrogen) atoms. The van der Waals surface area contributed by atoms with Gasteiger partial charge in [0, 0.05) is 6.54 Å². The number of nitriles is 1. The highest BCUT2D eigenvalue weighted by molar-refractivity contribution is 5.76. The van der Waals surface area contributed by atoms with Crippen molar-refractivity contribution >= 4 is 5.91 Å². The number of hydrogen-bond donors (Lipinski definition) is 2. The Kier molecular flexibility index (Phi) is 7.69. The Morgan fingerprint density at radius 1 is 1.52 bits per heavy atom. The quantitative estimate of drug-likeness (QED) is 0.677. The molecule has 1 heterocycles. The van der Waals surface area contributed by atoms with E-state index >= 15 is 0 Å². The monoisotopic (exact) mass is 294 g/mol. The van der Waals surface area contributed by atoms with Crippen LogP contribution in [0.3, 0.4) is 0 Å². The summed E-state index contributed by atoms with van der Waals surface area (Å²) in [6.45, 7) is 7.83. The Balaban J connectivity index is 2.40. The second-order valence-corrected chi connectivity index (χ2v) is 6.12. The fraction of sp³-hybridized carbons (Fsp3) is 0.875. The molecule has 2 unspecified atom stereocenters. The van der Waals surface area contributed by atoms with E-state index in [0.29, 0.717) is 0 Å². The van der Waals surface area contributed by atoms with Gasteiger partial charge in [-0.05, 0) is 58.2 Å². The topological polar surface area (TPSA) is 82.2 Å². The summed E-state index contributed by atoms with van der Waals surface area (Å²) in [6.07, 6.45) is 5.66. The first-order chi connectivity index (χ1) is 10.1. The molecule has 5 heteroatoms. The van der Waals surface area contributed by atoms with E-state index in [9.17, 15) is 10.1 Å². The smallest absolute Gasteiger partial charge is 0.221 e. The SMILES string of the molecule is CCCNC(C#N)(CC)CCCN1CCCC(C(N)=O)C1. The lowest BCUT2D eigenvalue weighted by Gasteiger charge is -2.32. The summed E-state index contributed by atoms with van der Waals surface area (Å²) >= 11 is 0. The molecule has 0 aromatic rings. The molecule has 120 valence electrons. The summed E-state index contributed by atoms with van der Waals surface area (Å²) in [4.78, 5) is 13.6. The minimum Gasteiger partial charge on any atom is -0.369 e. The van der Waals surface area contributed by atoms with Gasteiger partial charge in [-0.15, -0.1) is 0 Å². The molecule has 5 nitrogen and oxygen atoms in total. The Hall–Kier alpha value is -1.12. The van der Waals surface area contributed by atoms with Crippen molar-refractivity contribution in [2.24, 2.45) is 11.7 Å². The first-order valence-corrected chi connectivity index (χ1v) is 8.25. The molecule has 1 rings (SSSR count). The zero-order valence-corrected chi connectivity index (χ0v) is 13.5. The summed E-state index contributed by atoms with van der Waals surface area (Å²) in [5, 5.41) is 12.9. The first-order valence-electron chi connectivity index (χ1n) is 8.25. The zero-order chi connectivity index (χ0) is 15.7. The van der Waals surface area contributed by atoms with Crippen molar-refractivity contribution in [3.8, 4) is 6.07 Å². The van der Waals surface area contributed by atoms with Crippen molar-refractivity contribution in [3.05, 3.63) is 0 Å². The van der Waals surface area contributed by atoms with Crippen molar-refractivity contribution in [1.29, 1.82) is 5.26 Å². The molecule has 0 spiro atoms. The maximum Gasteiger partial charge on any atom is 0.221 e. The Labute approximate surface area is 128 Å². The van der Waals surface area contributed by atoms with E-state index in [4.69, 9.17) is 5.73 Å². The van der Waals surface area contributed by atoms with Crippen molar-refractivity contribution in [2.45, 2.75) is 57.9 Å². The third-order valence-electron chi connectivity index (χ3n) is 4.52. The van der Waals surface area contributed by atoms with Gasteiger partial charge in [-0.2, -0.15) is 5.26 Å². The van der Waals surface area contributed by atoms with Gasteiger partial charge in [0.15, 0.2) is 0 Å². The molecule has 3 N–H and O–H groups in total. The predicted molar refractivity (Wildman–Crippen MR) is 84.5 cm³/mol. The minimum absolute atomic E-state index is 0.00358. The van der Waals surface area contributed by atoms with Crippen molar-refractivity contribution < 1.29 is 4.79 Å². The molecule has 0 radical (unpaired) electrons. The number of rotatable bonds is 9. The van der Waals surface area contributed by atoms with Gasteiger partial charge in [-0.25, -0.2) is 0 Å². The molecule has 1 aliphatic heterocycles. The molecule has 1 saturated heterocycles. The summed E-state index contributed by atoms with van der Waals surface area (Å²) in [7, 11) is 0. The molecular weight excluding hydrogens is 264 g/mol. The third-order valence-corrected chi connectivity index (χ3v) is 4.52. The molecule has 1 fully saturated rings. The molecule has 2 atom stereocenters. The molecule has 0 bridgehead atoms. The second-order valence-electron chi connectivity index (χ2n) is 6.12. The number of nitrogens with two attached hydrogens (primary N) is 1. The number of amides is 1. The fourth-order valence-electron chi connectivity index (χ4n) is 3.02. The number of nitrogens with zero attached hydrogens (tertiary/aromatic N) is 2. The molecule has 0 aromatic carbocycles. The number of nitrogens with one attached hydrogen (secondary N) is 1. The highest BCUT2D eigenvalue weighted by Crippen LogP contribution is 2.20. The second kappa shape index (κ2) is 9.01. The van der Waals surface area contributed by atoms with Crippen LogP contribution in [-0.2, 0) is 4.79 Å². The van der Waals surface area contributed by atoms with Gasteiger partial charge >= 0.3 is 0 Å². The van der Waals surface area contributed by atoms with E-state index in [-0.39, 0.29) is 11.8 Å². The summed E-state index contributed by atoms with van der Waals surface area (Å²) < 4.78 is 0. The van der Waals surface area contributed by atoms with Crippen LogP contribution >= 0.6 is 0 Å².